The molecule has 5 nitrogen and oxygen atoms in total. The Bertz CT molecular complexity index is 736. The van der Waals surface area contributed by atoms with Crippen LogP contribution >= 0.6 is 22.7 Å². The summed E-state index contributed by atoms with van der Waals surface area (Å²) in [5.41, 5.74) is 9.32. The maximum absolute atomic E-state index is 12.1. The summed E-state index contributed by atoms with van der Waals surface area (Å²) in [5.74, 6) is -0.140. The van der Waals surface area contributed by atoms with Gasteiger partial charge in [0, 0.05) is 36.1 Å². The van der Waals surface area contributed by atoms with Crippen LogP contribution < -0.4 is 11.1 Å². The van der Waals surface area contributed by atoms with Gasteiger partial charge in [0.25, 0.3) is 5.91 Å². The summed E-state index contributed by atoms with van der Waals surface area (Å²) in [7, 11) is 0. The molecule has 0 aliphatic rings. The number of anilines is 1. The molecule has 0 atom stereocenters. The molecule has 0 saturated heterocycles. The molecule has 0 unspecified atom stereocenters. The average molecular weight is 304 g/mol. The fraction of sp³-hybridized carbons (Fsp3) is 0.154. The number of nitrogens with two attached hydrogens (primary N) is 1. The first-order valence-electron chi connectivity index (χ1n) is 6.03. The van der Waals surface area contributed by atoms with Gasteiger partial charge in [0.2, 0.25) is 0 Å². The lowest BCUT2D eigenvalue weighted by atomic mass is 10.2. The van der Waals surface area contributed by atoms with Crippen molar-refractivity contribution in [2.24, 2.45) is 0 Å². The van der Waals surface area contributed by atoms with Gasteiger partial charge in [0.1, 0.15) is 4.88 Å². The van der Waals surface area contributed by atoms with Crippen molar-refractivity contribution >= 4 is 44.4 Å². The highest BCUT2D eigenvalue weighted by Gasteiger charge is 2.15. The number of nitrogens with one attached hydrogen (secondary N) is 1. The van der Waals surface area contributed by atoms with Crippen LogP contribution in [0.4, 0.5) is 5.69 Å². The van der Waals surface area contributed by atoms with Gasteiger partial charge < -0.3 is 11.1 Å². The van der Waals surface area contributed by atoms with Crippen molar-refractivity contribution < 1.29 is 4.79 Å². The highest BCUT2D eigenvalue weighted by atomic mass is 32.1. The Balaban J connectivity index is 1.71. The molecule has 0 bridgehead atoms. The van der Waals surface area contributed by atoms with Gasteiger partial charge in [-0.2, -0.15) is 0 Å². The van der Waals surface area contributed by atoms with Crippen molar-refractivity contribution in [1.82, 2.24) is 15.3 Å². The van der Waals surface area contributed by atoms with E-state index in [1.165, 1.54) is 11.3 Å². The molecule has 3 aromatic heterocycles. The number of amides is 1. The number of hydrogen-bond donors (Lipinski definition) is 2. The molecule has 3 rings (SSSR count). The molecule has 3 heterocycles. The quantitative estimate of drug-likeness (QED) is 0.775. The number of nitrogens with zero attached hydrogens (tertiary/aromatic N) is 2. The predicted molar refractivity (Wildman–Crippen MR) is 82.2 cm³/mol. The number of nitrogen functional groups attached to an aromatic ring is 1. The minimum Gasteiger partial charge on any atom is -0.397 e. The second-order valence-electron chi connectivity index (χ2n) is 4.20. The molecule has 20 heavy (non-hydrogen) atoms. The van der Waals surface area contributed by atoms with Gasteiger partial charge >= 0.3 is 0 Å². The van der Waals surface area contributed by atoms with Crippen LogP contribution in [0.1, 0.15) is 15.4 Å². The van der Waals surface area contributed by atoms with Crippen LogP contribution in [0, 0.1) is 0 Å². The van der Waals surface area contributed by atoms with E-state index in [1.54, 1.807) is 29.2 Å². The first kappa shape index (κ1) is 13.0. The number of rotatable bonds is 4. The largest absolute Gasteiger partial charge is 0.397 e. The van der Waals surface area contributed by atoms with Gasteiger partial charge in [0.15, 0.2) is 0 Å². The molecular weight excluding hydrogens is 292 g/mol. The number of thiazole rings is 1. The summed E-state index contributed by atoms with van der Waals surface area (Å²) < 4.78 is 0.926. The number of pyridine rings is 1. The normalized spacial score (nSPS) is 10.8. The Hall–Kier alpha value is -1.99. The van der Waals surface area contributed by atoms with Crippen molar-refractivity contribution in [1.29, 1.82) is 0 Å². The Morgan fingerprint density at radius 1 is 1.45 bits per heavy atom. The molecule has 0 fully saturated rings. The molecular formula is C13H12N4OS2. The van der Waals surface area contributed by atoms with Gasteiger partial charge in [-0.15, -0.1) is 22.7 Å². The maximum Gasteiger partial charge on any atom is 0.263 e. The number of thiophene rings is 1. The van der Waals surface area contributed by atoms with E-state index in [-0.39, 0.29) is 5.91 Å². The van der Waals surface area contributed by atoms with Crippen molar-refractivity contribution in [3.05, 3.63) is 39.9 Å². The summed E-state index contributed by atoms with van der Waals surface area (Å²) in [6.07, 6.45) is 4.12. The minimum atomic E-state index is -0.140. The lowest BCUT2D eigenvalue weighted by molar-refractivity contribution is 0.0959. The molecule has 0 saturated carbocycles. The molecule has 102 valence electrons. The number of carbonyl (C=O) groups excluding carboxylic acids is 1. The Labute approximate surface area is 123 Å². The van der Waals surface area contributed by atoms with E-state index in [0.29, 0.717) is 17.1 Å². The van der Waals surface area contributed by atoms with Crippen LogP contribution in [0.5, 0.6) is 0 Å². The predicted octanol–water partition coefficient (Wildman–Crippen LogP) is 2.31. The third-order valence-electron chi connectivity index (χ3n) is 2.89. The molecule has 3 aromatic rings. The standard InChI is InChI=1S/C13H12N4OS2/c14-11-9-2-3-15-5-10(9)20-12(11)13(18)16-4-1-8-6-19-7-17-8/h2-3,5-7H,1,4,14H2,(H,16,18). The van der Waals surface area contributed by atoms with E-state index < -0.39 is 0 Å². The molecule has 7 heteroatoms. The van der Waals surface area contributed by atoms with Crippen LogP contribution in [-0.2, 0) is 6.42 Å². The molecule has 1 amide bonds. The third kappa shape index (κ3) is 2.50. The lowest BCUT2D eigenvalue weighted by Gasteiger charge is -2.02. The van der Waals surface area contributed by atoms with Gasteiger partial charge in [-0.25, -0.2) is 4.98 Å². The molecule has 0 aliphatic heterocycles. The topological polar surface area (TPSA) is 80.9 Å². The van der Waals surface area contributed by atoms with E-state index in [0.717, 1.165) is 22.2 Å². The van der Waals surface area contributed by atoms with Gasteiger partial charge in [-0.1, -0.05) is 0 Å². The zero-order valence-electron chi connectivity index (χ0n) is 10.5. The second kappa shape index (κ2) is 5.56. The van der Waals surface area contributed by atoms with E-state index in [4.69, 9.17) is 5.73 Å². The molecule has 0 spiro atoms. The number of hydrogen-bond acceptors (Lipinski definition) is 6. The van der Waals surface area contributed by atoms with E-state index in [1.807, 2.05) is 11.4 Å². The Kier molecular flexibility index (Phi) is 3.62. The van der Waals surface area contributed by atoms with E-state index in [2.05, 4.69) is 15.3 Å². The van der Waals surface area contributed by atoms with E-state index >= 15 is 0 Å². The Morgan fingerprint density at radius 3 is 3.10 bits per heavy atom. The van der Waals surface area contributed by atoms with Crippen LogP contribution in [0.15, 0.2) is 29.4 Å². The third-order valence-corrected chi connectivity index (χ3v) is 4.68. The SMILES string of the molecule is Nc1c(C(=O)NCCc2cscn2)sc2cnccc12. The van der Waals surface area contributed by atoms with Crippen molar-refractivity contribution in [3.63, 3.8) is 0 Å². The zero-order chi connectivity index (χ0) is 13.9. The molecule has 0 radical (unpaired) electrons. The minimum absolute atomic E-state index is 0.140. The van der Waals surface area contributed by atoms with Gasteiger partial charge in [-0.05, 0) is 6.07 Å². The van der Waals surface area contributed by atoms with Crippen LogP contribution in [0.25, 0.3) is 10.1 Å². The molecule has 0 aliphatic carbocycles. The number of fused-ring (bicyclic) bond motifs is 1. The summed E-state index contributed by atoms with van der Waals surface area (Å²) in [6.45, 7) is 0.550. The summed E-state index contributed by atoms with van der Waals surface area (Å²) in [6, 6.07) is 1.83. The van der Waals surface area contributed by atoms with Crippen LogP contribution in [0.3, 0.4) is 0 Å². The average Bonchev–Trinajstić information content (AvgIpc) is 3.08. The monoisotopic (exact) mass is 304 g/mol. The summed E-state index contributed by atoms with van der Waals surface area (Å²) in [4.78, 5) is 20.9. The zero-order valence-corrected chi connectivity index (χ0v) is 12.1. The van der Waals surface area contributed by atoms with Crippen molar-refractivity contribution in [2.45, 2.75) is 6.42 Å². The molecule has 3 N–H and O–H groups in total. The maximum atomic E-state index is 12.1. The fourth-order valence-corrected chi connectivity index (χ4v) is 3.48. The van der Waals surface area contributed by atoms with Crippen LogP contribution in [0.2, 0.25) is 0 Å². The van der Waals surface area contributed by atoms with Crippen molar-refractivity contribution in [3.8, 4) is 0 Å². The fourth-order valence-electron chi connectivity index (χ4n) is 1.89. The number of aromatic nitrogens is 2. The van der Waals surface area contributed by atoms with Crippen molar-refractivity contribution in [2.75, 3.05) is 12.3 Å². The number of carbonyl (C=O) groups is 1. The molecule has 0 aromatic carbocycles. The summed E-state index contributed by atoms with van der Waals surface area (Å²) >= 11 is 2.92. The highest BCUT2D eigenvalue weighted by molar-refractivity contribution is 7.21. The van der Waals surface area contributed by atoms with E-state index in [9.17, 15) is 4.79 Å². The Morgan fingerprint density at radius 2 is 2.35 bits per heavy atom. The van der Waals surface area contributed by atoms with Gasteiger partial charge in [-0.3, -0.25) is 9.78 Å². The van der Waals surface area contributed by atoms with Crippen LogP contribution in [-0.4, -0.2) is 22.4 Å². The lowest BCUT2D eigenvalue weighted by Crippen LogP contribution is -2.25. The second-order valence-corrected chi connectivity index (χ2v) is 5.97. The highest BCUT2D eigenvalue weighted by Crippen LogP contribution is 2.32. The smallest absolute Gasteiger partial charge is 0.263 e. The van der Waals surface area contributed by atoms with Gasteiger partial charge in [0.05, 0.1) is 21.6 Å². The first-order valence-corrected chi connectivity index (χ1v) is 7.79. The first-order chi connectivity index (χ1) is 9.75. The summed E-state index contributed by atoms with van der Waals surface area (Å²) in [5, 5.41) is 5.74.